The number of hydrogen-bond donors (Lipinski definition) is 1. The largest absolute Gasteiger partial charge is 0.365 e. The van der Waals surface area contributed by atoms with Gasteiger partial charge in [0.2, 0.25) is 5.91 Å². The van der Waals surface area contributed by atoms with Gasteiger partial charge in [0.05, 0.1) is 11.6 Å². The van der Waals surface area contributed by atoms with Crippen molar-refractivity contribution in [3.05, 3.63) is 23.4 Å². The van der Waals surface area contributed by atoms with Crippen LogP contribution in [0.3, 0.4) is 0 Å². The Labute approximate surface area is 148 Å². The highest BCUT2D eigenvalue weighted by Gasteiger charge is 2.32. The van der Waals surface area contributed by atoms with Gasteiger partial charge in [0, 0.05) is 31.9 Å². The summed E-state index contributed by atoms with van der Waals surface area (Å²) in [4.78, 5) is 35.3. The minimum Gasteiger partial charge on any atom is -0.365 e. The van der Waals surface area contributed by atoms with E-state index in [-0.39, 0.29) is 11.9 Å². The molecule has 2 N–H and O–H groups in total. The van der Waals surface area contributed by atoms with Crippen LogP contribution in [0.4, 0.5) is 5.82 Å². The van der Waals surface area contributed by atoms with Crippen LogP contribution in [0.1, 0.15) is 35.3 Å². The van der Waals surface area contributed by atoms with Gasteiger partial charge < -0.3 is 15.5 Å². The molecule has 0 radical (unpaired) electrons. The fourth-order valence-corrected chi connectivity index (χ4v) is 3.76. The van der Waals surface area contributed by atoms with Gasteiger partial charge in [-0.1, -0.05) is 0 Å². The van der Waals surface area contributed by atoms with Gasteiger partial charge in [0.15, 0.2) is 0 Å². The Morgan fingerprint density at radius 3 is 2.60 bits per heavy atom. The van der Waals surface area contributed by atoms with Crippen molar-refractivity contribution in [3.63, 3.8) is 0 Å². The minimum atomic E-state index is -0.466. The standard InChI is InChI=1S/C18H27N5O2/c1-13-6-7-14(16(19)24)17(20-13)22-9-4-10-23(12-11-22)18(25)15-5-3-8-21(15)2/h6-7,15H,3-5,8-12H2,1-2H3,(H2,19,24)/t15-/m0/s1. The first kappa shape index (κ1) is 17.7. The number of rotatable bonds is 3. The van der Waals surface area contributed by atoms with Gasteiger partial charge >= 0.3 is 0 Å². The number of hydrogen-bond acceptors (Lipinski definition) is 5. The Hall–Kier alpha value is -2.15. The summed E-state index contributed by atoms with van der Waals surface area (Å²) in [6.07, 6.45) is 2.89. The number of nitrogens with zero attached hydrogens (tertiary/aromatic N) is 4. The quantitative estimate of drug-likeness (QED) is 0.868. The molecule has 2 aliphatic heterocycles. The highest BCUT2D eigenvalue weighted by molar-refractivity contribution is 5.97. The molecule has 136 valence electrons. The molecule has 3 rings (SSSR count). The van der Waals surface area contributed by atoms with Crippen LogP contribution < -0.4 is 10.6 Å². The number of amides is 2. The van der Waals surface area contributed by atoms with E-state index in [1.807, 2.05) is 18.9 Å². The van der Waals surface area contributed by atoms with E-state index in [0.29, 0.717) is 24.5 Å². The number of anilines is 1. The Balaban J connectivity index is 1.73. The maximum atomic E-state index is 12.8. The highest BCUT2D eigenvalue weighted by atomic mass is 16.2. The first-order chi connectivity index (χ1) is 12.0. The summed E-state index contributed by atoms with van der Waals surface area (Å²) in [5.74, 6) is 0.404. The second-order valence-corrected chi connectivity index (χ2v) is 6.99. The predicted octanol–water partition coefficient (Wildman–Crippen LogP) is 0.622. The molecule has 2 aliphatic rings. The molecule has 2 fully saturated rings. The molecule has 3 heterocycles. The van der Waals surface area contributed by atoms with Crippen LogP contribution in [-0.2, 0) is 4.79 Å². The molecule has 1 aromatic rings. The van der Waals surface area contributed by atoms with Crippen LogP contribution in [-0.4, -0.2) is 72.4 Å². The third kappa shape index (κ3) is 3.76. The van der Waals surface area contributed by atoms with Crippen molar-refractivity contribution in [3.8, 4) is 0 Å². The third-order valence-corrected chi connectivity index (χ3v) is 5.19. The molecule has 2 saturated heterocycles. The van der Waals surface area contributed by atoms with Crippen LogP contribution in [0.15, 0.2) is 12.1 Å². The minimum absolute atomic E-state index is 0.0184. The molecule has 0 spiro atoms. The normalized spacial score (nSPS) is 22.1. The van der Waals surface area contributed by atoms with Crippen LogP contribution >= 0.6 is 0 Å². The Morgan fingerprint density at radius 1 is 1.12 bits per heavy atom. The van der Waals surface area contributed by atoms with Gasteiger partial charge in [-0.05, 0) is 51.9 Å². The fourth-order valence-electron chi connectivity index (χ4n) is 3.76. The van der Waals surface area contributed by atoms with Gasteiger partial charge in [-0.15, -0.1) is 0 Å². The summed E-state index contributed by atoms with van der Waals surface area (Å²) in [5, 5.41) is 0. The summed E-state index contributed by atoms with van der Waals surface area (Å²) < 4.78 is 0. The van der Waals surface area contributed by atoms with Crippen molar-refractivity contribution in [2.75, 3.05) is 44.7 Å². The van der Waals surface area contributed by atoms with E-state index in [2.05, 4.69) is 14.8 Å². The van der Waals surface area contributed by atoms with Crippen molar-refractivity contribution in [2.24, 2.45) is 5.73 Å². The molecular weight excluding hydrogens is 318 g/mol. The molecule has 0 aliphatic carbocycles. The Morgan fingerprint density at radius 2 is 1.92 bits per heavy atom. The lowest BCUT2D eigenvalue weighted by molar-refractivity contribution is -0.135. The smallest absolute Gasteiger partial charge is 0.252 e. The number of aromatic nitrogens is 1. The zero-order valence-corrected chi connectivity index (χ0v) is 15.1. The Kier molecular flexibility index (Phi) is 5.22. The molecule has 0 unspecified atom stereocenters. The summed E-state index contributed by atoms with van der Waals surface area (Å²) in [6.45, 7) is 5.72. The number of aryl methyl sites for hydroxylation is 1. The fraction of sp³-hybridized carbons (Fsp3) is 0.611. The molecule has 0 aromatic carbocycles. The van der Waals surface area contributed by atoms with Crippen molar-refractivity contribution >= 4 is 17.6 Å². The maximum Gasteiger partial charge on any atom is 0.252 e. The van der Waals surface area contributed by atoms with Crippen LogP contribution in [0.5, 0.6) is 0 Å². The van der Waals surface area contributed by atoms with Gasteiger partial charge in [0.1, 0.15) is 5.82 Å². The first-order valence-corrected chi connectivity index (χ1v) is 8.99. The van der Waals surface area contributed by atoms with E-state index in [9.17, 15) is 9.59 Å². The summed E-state index contributed by atoms with van der Waals surface area (Å²) in [5.41, 5.74) is 6.81. The zero-order valence-electron chi connectivity index (χ0n) is 15.1. The van der Waals surface area contributed by atoms with E-state index < -0.39 is 5.91 Å². The zero-order chi connectivity index (χ0) is 18.0. The lowest BCUT2D eigenvalue weighted by atomic mass is 10.2. The van der Waals surface area contributed by atoms with Crippen molar-refractivity contribution < 1.29 is 9.59 Å². The average Bonchev–Trinajstić information content (AvgIpc) is 2.86. The number of carbonyl (C=O) groups excluding carboxylic acids is 2. The van der Waals surface area contributed by atoms with E-state index in [1.54, 1.807) is 12.1 Å². The van der Waals surface area contributed by atoms with Crippen LogP contribution in [0, 0.1) is 6.92 Å². The molecule has 1 atom stereocenters. The maximum absolute atomic E-state index is 12.8. The third-order valence-electron chi connectivity index (χ3n) is 5.19. The van der Waals surface area contributed by atoms with Crippen molar-refractivity contribution in [2.45, 2.75) is 32.2 Å². The predicted molar refractivity (Wildman–Crippen MR) is 96.6 cm³/mol. The van der Waals surface area contributed by atoms with Crippen molar-refractivity contribution in [1.29, 1.82) is 0 Å². The second-order valence-electron chi connectivity index (χ2n) is 6.99. The molecule has 7 heteroatoms. The number of carbonyl (C=O) groups is 2. The monoisotopic (exact) mass is 345 g/mol. The lowest BCUT2D eigenvalue weighted by Crippen LogP contribution is -2.45. The summed E-state index contributed by atoms with van der Waals surface area (Å²) in [6, 6.07) is 3.55. The van der Waals surface area contributed by atoms with Crippen LogP contribution in [0.25, 0.3) is 0 Å². The Bertz CT molecular complexity index is 663. The number of pyridine rings is 1. The van der Waals surface area contributed by atoms with Gasteiger partial charge in [-0.2, -0.15) is 0 Å². The SMILES string of the molecule is Cc1ccc(C(N)=O)c(N2CCCN(C(=O)[C@@H]3CCCN3C)CC2)n1. The summed E-state index contributed by atoms with van der Waals surface area (Å²) in [7, 11) is 2.02. The van der Waals surface area contributed by atoms with E-state index >= 15 is 0 Å². The molecule has 0 bridgehead atoms. The number of primary amides is 1. The number of likely N-dealkylation sites (N-methyl/N-ethyl adjacent to an activating group) is 1. The van der Waals surface area contributed by atoms with E-state index in [0.717, 1.165) is 44.6 Å². The average molecular weight is 345 g/mol. The highest BCUT2D eigenvalue weighted by Crippen LogP contribution is 2.22. The molecule has 0 saturated carbocycles. The lowest BCUT2D eigenvalue weighted by Gasteiger charge is -2.28. The van der Waals surface area contributed by atoms with Crippen LogP contribution in [0.2, 0.25) is 0 Å². The molecule has 2 amide bonds. The molecule has 7 nitrogen and oxygen atoms in total. The molecular formula is C18H27N5O2. The second kappa shape index (κ2) is 7.39. The van der Waals surface area contributed by atoms with Crippen molar-refractivity contribution in [1.82, 2.24) is 14.8 Å². The first-order valence-electron chi connectivity index (χ1n) is 8.99. The van der Waals surface area contributed by atoms with Gasteiger partial charge in [-0.3, -0.25) is 14.5 Å². The van der Waals surface area contributed by atoms with Gasteiger partial charge in [-0.25, -0.2) is 4.98 Å². The topological polar surface area (TPSA) is 82.8 Å². The number of nitrogens with two attached hydrogens (primary N) is 1. The number of likely N-dealkylation sites (tertiary alicyclic amines) is 1. The van der Waals surface area contributed by atoms with E-state index in [1.165, 1.54) is 0 Å². The van der Waals surface area contributed by atoms with Gasteiger partial charge in [0.25, 0.3) is 5.91 Å². The van der Waals surface area contributed by atoms with E-state index in [4.69, 9.17) is 5.73 Å². The molecule has 25 heavy (non-hydrogen) atoms. The summed E-state index contributed by atoms with van der Waals surface area (Å²) >= 11 is 0. The molecule has 1 aromatic heterocycles.